The highest BCUT2D eigenvalue weighted by atomic mass is 79.9. The van der Waals surface area contributed by atoms with Crippen LogP contribution in [0.15, 0.2) is 22.7 Å². The summed E-state index contributed by atoms with van der Waals surface area (Å²) in [7, 11) is 1.64. The highest BCUT2D eigenvalue weighted by Gasteiger charge is 2.08. The van der Waals surface area contributed by atoms with E-state index in [-0.39, 0.29) is 0 Å². The van der Waals surface area contributed by atoms with Gasteiger partial charge in [-0.05, 0) is 40.0 Å². The zero-order chi connectivity index (χ0) is 12.0. The van der Waals surface area contributed by atoms with Crippen LogP contribution in [0.3, 0.4) is 0 Å². The molecule has 1 aromatic rings. The van der Waals surface area contributed by atoms with Crippen molar-refractivity contribution >= 4 is 15.9 Å². The van der Waals surface area contributed by atoms with Crippen LogP contribution in [0.5, 0.6) is 5.75 Å². The minimum absolute atomic E-state index is 0.413. The minimum atomic E-state index is -0.413. The van der Waals surface area contributed by atoms with Gasteiger partial charge in [0.05, 0.1) is 17.2 Å². The smallest absolute Gasteiger partial charge is 0.133 e. The predicted molar refractivity (Wildman–Crippen MR) is 66.8 cm³/mol. The molecule has 0 amide bonds. The van der Waals surface area contributed by atoms with Crippen LogP contribution in [0, 0.1) is 0 Å². The number of aliphatic hydroxyl groups excluding tert-OH is 1. The molecule has 0 unspecified atom stereocenters. The van der Waals surface area contributed by atoms with E-state index >= 15 is 0 Å². The number of aliphatic hydroxyl groups is 1. The van der Waals surface area contributed by atoms with E-state index < -0.39 is 6.10 Å². The number of methoxy groups -OCH3 is 1. The Morgan fingerprint density at radius 1 is 1.38 bits per heavy atom. The van der Waals surface area contributed by atoms with Crippen molar-refractivity contribution in [1.82, 2.24) is 0 Å². The maximum Gasteiger partial charge on any atom is 0.133 e. The average Bonchev–Trinajstić information content (AvgIpc) is 2.30. The average molecular weight is 289 g/mol. The summed E-state index contributed by atoms with van der Waals surface area (Å²) in [6.45, 7) is 3.03. The Morgan fingerprint density at radius 2 is 2.12 bits per heavy atom. The standard InChI is InChI=1S/C12H17BrO3/c1-3-11(14)9-4-5-12(10(13)8-9)16-7-6-15-2/h4-5,8,11,14H,3,6-7H2,1-2H3/t11-/m1/s1. The summed E-state index contributed by atoms with van der Waals surface area (Å²) >= 11 is 3.42. The molecule has 0 radical (unpaired) electrons. The first-order valence-electron chi connectivity index (χ1n) is 5.28. The van der Waals surface area contributed by atoms with E-state index in [1.807, 2.05) is 25.1 Å². The molecule has 1 aromatic carbocycles. The molecule has 1 N–H and O–H groups in total. The number of halogens is 1. The first kappa shape index (κ1) is 13.5. The SMILES string of the molecule is CC[C@@H](O)c1ccc(OCCOC)c(Br)c1. The maximum absolute atomic E-state index is 9.68. The third kappa shape index (κ3) is 3.77. The lowest BCUT2D eigenvalue weighted by Gasteiger charge is -2.12. The Kier molecular flexibility index (Phi) is 5.80. The van der Waals surface area contributed by atoms with Gasteiger partial charge in [-0.2, -0.15) is 0 Å². The molecular weight excluding hydrogens is 272 g/mol. The number of ether oxygens (including phenoxy) is 2. The molecule has 4 heteroatoms. The topological polar surface area (TPSA) is 38.7 Å². The van der Waals surface area contributed by atoms with Crippen LogP contribution in [-0.2, 0) is 4.74 Å². The van der Waals surface area contributed by atoms with Gasteiger partial charge in [0.2, 0.25) is 0 Å². The molecule has 0 spiro atoms. The molecule has 0 aliphatic carbocycles. The van der Waals surface area contributed by atoms with Crippen molar-refractivity contribution in [3.05, 3.63) is 28.2 Å². The Hall–Kier alpha value is -0.580. The molecule has 1 rings (SSSR count). The minimum Gasteiger partial charge on any atom is -0.490 e. The molecule has 90 valence electrons. The Morgan fingerprint density at radius 3 is 2.69 bits per heavy atom. The van der Waals surface area contributed by atoms with Crippen LogP contribution in [0.2, 0.25) is 0 Å². The highest BCUT2D eigenvalue weighted by molar-refractivity contribution is 9.10. The zero-order valence-electron chi connectivity index (χ0n) is 9.57. The molecule has 0 aliphatic rings. The molecule has 0 aliphatic heterocycles. The summed E-state index contributed by atoms with van der Waals surface area (Å²) in [4.78, 5) is 0. The van der Waals surface area contributed by atoms with Gasteiger partial charge >= 0.3 is 0 Å². The molecule has 1 atom stereocenters. The molecule has 0 bridgehead atoms. The second kappa shape index (κ2) is 6.89. The van der Waals surface area contributed by atoms with Gasteiger partial charge in [-0.15, -0.1) is 0 Å². The molecule has 16 heavy (non-hydrogen) atoms. The van der Waals surface area contributed by atoms with Crippen molar-refractivity contribution in [2.75, 3.05) is 20.3 Å². The molecule has 3 nitrogen and oxygen atoms in total. The van der Waals surface area contributed by atoms with E-state index in [9.17, 15) is 5.11 Å². The first-order chi connectivity index (χ1) is 7.69. The lowest BCUT2D eigenvalue weighted by Crippen LogP contribution is -2.05. The molecule has 0 fully saturated rings. The van der Waals surface area contributed by atoms with Crippen LogP contribution in [-0.4, -0.2) is 25.4 Å². The van der Waals surface area contributed by atoms with Crippen LogP contribution in [0.1, 0.15) is 25.0 Å². The monoisotopic (exact) mass is 288 g/mol. The van der Waals surface area contributed by atoms with Crippen LogP contribution in [0.4, 0.5) is 0 Å². The predicted octanol–water partition coefficient (Wildman–Crippen LogP) is 2.92. The van der Waals surface area contributed by atoms with Gasteiger partial charge in [-0.1, -0.05) is 13.0 Å². The summed E-state index contributed by atoms with van der Waals surface area (Å²) < 4.78 is 11.2. The van der Waals surface area contributed by atoms with E-state index in [4.69, 9.17) is 9.47 Å². The summed E-state index contributed by atoms with van der Waals surface area (Å²) in [6.07, 6.45) is 0.292. The third-order valence-corrected chi connectivity index (χ3v) is 2.89. The second-order valence-electron chi connectivity index (χ2n) is 3.46. The van der Waals surface area contributed by atoms with E-state index in [1.54, 1.807) is 7.11 Å². The van der Waals surface area contributed by atoms with Gasteiger partial charge in [0, 0.05) is 7.11 Å². The normalized spacial score (nSPS) is 12.5. The Balaban J connectivity index is 2.67. The van der Waals surface area contributed by atoms with Crippen molar-refractivity contribution < 1.29 is 14.6 Å². The summed E-state index contributed by atoms with van der Waals surface area (Å²) in [5.41, 5.74) is 0.897. The highest BCUT2D eigenvalue weighted by Crippen LogP contribution is 2.29. The van der Waals surface area contributed by atoms with Gasteiger partial charge in [0.25, 0.3) is 0 Å². The van der Waals surface area contributed by atoms with Crippen molar-refractivity contribution in [2.24, 2.45) is 0 Å². The lowest BCUT2D eigenvalue weighted by atomic mass is 10.1. The fourth-order valence-corrected chi connectivity index (χ4v) is 1.82. The number of hydrogen-bond donors (Lipinski definition) is 1. The van der Waals surface area contributed by atoms with Crippen LogP contribution >= 0.6 is 15.9 Å². The first-order valence-corrected chi connectivity index (χ1v) is 6.07. The molecular formula is C12H17BrO3. The van der Waals surface area contributed by atoms with Crippen molar-refractivity contribution in [3.8, 4) is 5.75 Å². The largest absolute Gasteiger partial charge is 0.490 e. The Bertz CT molecular complexity index is 328. The molecule has 0 heterocycles. The molecule has 0 saturated heterocycles. The van der Waals surface area contributed by atoms with E-state index in [2.05, 4.69) is 15.9 Å². The van der Waals surface area contributed by atoms with E-state index in [0.29, 0.717) is 19.6 Å². The fraction of sp³-hybridized carbons (Fsp3) is 0.500. The number of hydrogen-bond acceptors (Lipinski definition) is 3. The van der Waals surface area contributed by atoms with Gasteiger partial charge in [0.15, 0.2) is 0 Å². The third-order valence-electron chi connectivity index (χ3n) is 2.27. The molecule has 0 aromatic heterocycles. The Labute approximate surface area is 105 Å². The van der Waals surface area contributed by atoms with Crippen molar-refractivity contribution in [2.45, 2.75) is 19.4 Å². The van der Waals surface area contributed by atoms with Gasteiger partial charge in [-0.25, -0.2) is 0 Å². The van der Waals surface area contributed by atoms with Crippen LogP contribution < -0.4 is 4.74 Å². The van der Waals surface area contributed by atoms with Crippen LogP contribution in [0.25, 0.3) is 0 Å². The van der Waals surface area contributed by atoms with Crippen molar-refractivity contribution in [3.63, 3.8) is 0 Å². The van der Waals surface area contributed by atoms with Gasteiger partial charge in [-0.3, -0.25) is 0 Å². The van der Waals surface area contributed by atoms with E-state index in [1.165, 1.54) is 0 Å². The van der Waals surface area contributed by atoms with E-state index in [0.717, 1.165) is 15.8 Å². The summed E-state index contributed by atoms with van der Waals surface area (Å²) in [6, 6.07) is 5.62. The molecule has 0 saturated carbocycles. The summed E-state index contributed by atoms with van der Waals surface area (Å²) in [5, 5.41) is 9.68. The number of benzene rings is 1. The van der Waals surface area contributed by atoms with Gasteiger partial charge in [0.1, 0.15) is 12.4 Å². The second-order valence-corrected chi connectivity index (χ2v) is 4.31. The fourth-order valence-electron chi connectivity index (χ4n) is 1.31. The van der Waals surface area contributed by atoms with Gasteiger partial charge < -0.3 is 14.6 Å². The lowest BCUT2D eigenvalue weighted by molar-refractivity contribution is 0.145. The maximum atomic E-state index is 9.68. The summed E-state index contributed by atoms with van der Waals surface area (Å²) in [5.74, 6) is 0.768. The quantitative estimate of drug-likeness (QED) is 0.818. The van der Waals surface area contributed by atoms with Crippen molar-refractivity contribution in [1.29, 1.82) is 0 Å². The number of rotatable bonds is 6. The zero-order valence-corrected chi connectivity index (χ0v) is 11.2.